The minimum Gasteiger partial charge on any atom is -0.355 e. The van der Waals surface area contributed by atoms with Gasteiger partial charge < -0.3 is 10.6 Å². The number of amides is 2. The van der Waals surface area contributed by atoms with Gasteiger partial charge in [0.1, 0.15) is 0 Å². The summed E-state index contributed by atoms with van der Waals surface area (Å²) in [4.78, 5) is 27.4. The van der Waals surface area contributed by atoms with Gasteiger partial charge in [-0.15, -0.1) is 0 Å². The highest BCUT2D eigenvalue weighted by Gasteiger charge is 2.01. The summed E-state index contributed by atoms with van der Waals surface area (Å²) in [7, 11) is 1.59. The van der Waals surface area contributed by atoms with Crippen molar-refractivity contribution in [3.8, 4) is 0 Å². The standard InChI is InChI=1S/C18H19N3O2/c1-19-18(23)15-8-5-14(6-9-15)7-10-17(22)21-13-11-16-4-2-3-12-20-16/h2-10,12H,11,13H2,1H3,(H,19,23)(H,21,22)/b10-7+. The molecule has 23 heavy (non-hydrogen) atoms. The fraction of sp³-hybridized carbons (Fsp3) is 0.167. The molecule has 0 bridgehead atoms. The van der Waals surface area contributed by atoms with Crippen molar-refractivity contribution in [2.75, 3.05) is 13.6 Å². The normalized spacial score (nSPS) is 10.5. The van der Waals surface area contributed by atoms with Crippen LogP contribution in [0.4, 0.5) is 0 Å². The predicted molar refractivity (Wildman–Crippen MR) is 89.8 cm³/mol. The van der Waals surface area contributed by atoms with Crippen LogP contribution >= 0.6 is 0 Å². The molecular formula is C18H19N3O2. The molecule has 5 nitrogen and oxygen atoms in total. The van der Waals surface area contributed by atoms with E-state index in [4.69, 9.17) is 0 Å². The molecule has 0 aliphatic rings. The summed E-state index contributed by atoms with van der Waals surface area (Å²) in [5.74, 6) is -0.288. The Bertz CT molecular complexity index is 679. The SMILES string of the molecule is CNC(=O)c1ccc(/C=C/C(=O)NCCc2ccccn2)cc1. The highest BCUT2D eigenvalue weighted by Crippen LogP contribution is 2.06. The highest BCUT2D eigenvalue weighted by atomic mass is 16.2. The van der Waals surface area contributed by atoms with E-state index in [0.717, 1.165) is 11.3 Å². The molecule has 2 rings (SSSR count). The van der Waals surface area contributed by atoms with Crippen molar-refractivity contribution >= 4 is 17.9 Å². The number of benzene rings is 1. The molecule has 2 N–H and O–H groups in total. The summed E-state index contributed by atoms with van der Waals surface area (Å²) in [6.45, 7) is 0.537. The van der Waals surface area contributed by atoms with Crippen molar-refractivity contribution in [2.24, 2.45) is 0 Å². The average Bonchev–Trinajstić information content (AvgIpc) is 2.60. The minimum absolute atomic E-state index is 0.132. The first-order chi connectivity index (χ1) is 11.2. The Kier molecular flexibility index (Phi) is 6.06. The number of nitrogens with zero attached hydrogens (tertiary/aromatic N) is 1. The summed E-state index contributed by atoms with van der Waals surface area (Å²) in [5.41, 5.74) is 2.39. The Morgan fingerprint density at radius 1 is 1.13 bits per heavy atom. The number of hydrogen-bond acceptors (Lipinski definition) is 3. The van der Waals surface area contributed by atoms with Crippen LogP contribution < -0.4 is 10.6 Å². The average molecular weight is 309 g/mol. The molecule has 0 aliphatic heterocycles. The molecule has 0 spiro atoms. The zero-order valence-corrected chi connectivity index (χ0v) is 13.0. The first kappa shape index (κ1) is 16.4. The van der Waals surface area contributed by atoms with E-state index in [9.17, 15) is 9.59 Å². The molecule has 0 unspecified atom stereocenters. The molecule has 2 aromatic rings. The third kappa shape index (κ3) is 5.39. The largest absolute Gasteiger partial charge is 0.355 e. The second-order valence-corrected chi connectivity index (χ2v) is 4.90. The van der Waals surface area contributed by atoms with Gasteiger partial charge in [-0.25, -0.2) is 0 Å². The Morgan fingerprint density at radius 2 is 1.91 bits per heavy atom. The highest BCUT2D eigenvalue weighted by molar-refractivity contribution is 5.94. The van der Waals surface area contributed by atoms with Gasteiger partial charge in [0.05, 0.1) is 0 Å². The predicted octanol–water partition coefficient (Wildman–Crippen LogP) is 1.81. The lowest BCUT2D eigenvalue weighted by atomic mass is 10.1. The molecular weight excluding hydrogens is 290 g/mol. The topological polar surface area (TPSA) is 71.1 Å². The molecule has 0 saturated carbocycles. The zero-order valence-electron chi connectivity index (χ0n) is 13.0. The van der Waals surface area contributed by atoms with Gasteiger partial charge in [0.25, 0.3) is 5.91 Å². The lowest BCUT2D eigenvalue weighted by Crippen LogP contribution is -2.23. The quantitative estimate of drug-likeness (QED) is 0.800. The Hall–Kier alpha value is -2.95. The summed E-state index contributed by atoms with van der Waals surface area (Å²) in [5, 5.41) is 5.37. The van der Waals surface area contributed by atoms with Crippen LogP contribution in [0.1, 0.15) is 21.6 Å². The number of nitrogens with one attached hydrogen (secondary N) is 2. The van der Waals surface area contributed by atoms with E-state index in [1.54, 1.807) is 43.6 Å². The van der Waals surface area contributed by atoms with Gasteiger partial charge in [-0.2, -0.15) is 0 Å². The minimum atomic E-state index is -0.156. The summed E-state index contributed by atoms with van der Waals surface area (Å²) >= 11 is 0. The molecule has 1 aromatic carbocycles. The molecule has 0 radical (unpaired) electrons. The molecule has 5 heteroatoms. The van der Waals surface area contributed by atoms with Crippen LogP contribution in [0.5, 0.6) is 0 Å². The van der Waals surface area contributed by atoms with Crippen LogP contribution in [0, 0.1) is 0 Å². The number of aromatic nitrogens is 1. The van der Waals surface area contributed by atoms with Crippen LogP contribution in [-0.4, -0.2) is 30.4 Å². The number of rotatable bonds is 6. The van der Waals surface area contributed by atoms with Crippen molar-refractivity contribution in [1.82, 2.24) is 15.6 Å². The van der Waals surface area contributed by atoms with Crippen LogP contribution in [0.25, 0.3) is 6.08 Å². The van der Waals surface area contributed by atoms with E-state index in [1.165, 1.54) is 6.08 Å². The fourth-order valence-electron chi connectivity index (χ4n) is 1.98. The van der Waals surface area contributed by atoms with Crippen LogP contribution in [-0.2, 0) is 11.2 Å². The maximum atomic E-state index is 11.7. The molecule has 0 atom stereocenters. The Morgan fingerprint density at radius 3 is 2.57 bits per heavy atom. The number of carbonyl (C=O) groups excluding carboxylic acids is 2. The van der Waals surface area contributed by atoms with E-state index in [2.05, 4.69) is 15.6 Å². The molecule has 2 amide bonds. The summed E-state index contributed by atoms with van der Waals surface area (Å²) in [6.07, 6.45) is 5.62. The summed E-state index contributed by atoms with van der Waals surface area (Å²) < 4.78 is 0. The van der Waals surface area contributed by atoms with E-state index in [0.29, 0.717) is 18.5 Å². The van der Waals surface area contributed by atoms with Gasteiger partial charge in [0.15, 0.2) is 0 Å². The van der Waals surface area contributed by atoms with Crippen molar-refractivity contribution in [3.05, 3.63) is 71.6 Å². The van der Waals surface area contributed by atoms with Crippen molar-refractivity contribution in [3.63, 3.8) is 0 Å². The van der Waals surface area contributed by atoms with Gasteiger partial charge in [0, 0.05) is 43.5 Å². The Labute approximate surface area is 135 Å². The Balaban J connectivity index is 1.80. The van der Waals surface area contributed by atoms with Gasteiger partial charge in [0.2, 0.25) is 5.91 Å². The van der Waals surface area contributed by atoms with Gasteiger partial charge >= 0.3 is 0 Å². The lowest BCUT2D eigenvalue weighted by molar-refractivity contribution is -0.116. The lowest BCUT2D eigenvalue weighted by Gasteiger charge is -2.02. The van der Waals surface area contributed by atoms with E-state index in [-0.39, 0.29) is 11.8 Å². The molecule has 0 fully saturated rings. The van der Waals surface area contributed by atoms with Gasteiger partial charge in [-0.05, 0) is 35.9 Å². The number of pyridine rings is 1. The van der Waals surface area contributed by atoms with Gasteiger partial charge in [-0.1, -0.05) is 18.2 Å². The van der Waals surface area contributed by atoms with Crippen LogP contribution in [0.15, 0.2) is 54.7 Å². The maximum absolute atomic E-state index is 11.7. The number of hydrogen-bond donors (Lipinski definition) is 2. The molecule has 1 aromatic heterocycles. The zero-order chi connectivity index (χ0) is 16.5. The first-order valence-corrected chi connectivity index (χ1v) is 7.37. The summed E-state index contributed by atoms with van der Waals surface area (Å²) in [6, 6.07) is 12.7. The third-order valence-corrected chi connectivity index (χ3v) is 3.23. The number of carbonyl (C=O) groups is 2. The molecule has 118 valence electrons. The van der Waals surface area contributed by atoms with Gasteiger partial charge in [-0.3, -0.25) is 14.6 Å². The van der Waals surface area contributed by atoms with Crippen LogP contribution in [0.2, 0.25) is 0 Å². The van der Waals surface area contributed by atoms with Crippen molar-refractivity contribution < 1.29 is 9.59 Å². The molecule has 0 saturated heterocycles. The first-order valence-electron chi connectivity index (χ1n) is 7.37. The van der Waals surface area contributed by atoms with E-state index < -0.39 is 0 Å². The molecule has 1 heterocycles. The monoisotopic (exact) mass is 309 g/mol. The smallest absolute Gasteiger partial charge is 0.251 e. The third-order valence-electron chi connectivity index (χ3n) is 3.23. The molecule has 0 aliphatic carbocycles. The maximum Gasteiger partial charge on any atom is 0.251 e. The van der Waals surface area contributed by atoms with Crippen molar-refractivity contribution in [2.45, 2.75) is 6.42 Å². The van der Waals surface area contributed by atoms with Crippen molar-refractivity contribution in [1.29, 1.82) is 0 Å². The van der Waals surface area contributed by atoms with E-state index >= 15 is 0 Å². The second kappa shape index (κ2) is 8.48. The van der Waals surface area contributed by atoms with E-state index in [1.807, 2.05) is 18.2 Å². The second-order valence-electron chi connectivity index (χ2n) is 4.90. The fourth-order valence-corrected chi connectivity index (χ4v) is 1.98. The van der Waals surface area contributed by atoms with Crippen LogP contribution in [0.3, 0.4) is 0 Å².